The van der Waals surface area contributed by atoms with Crippen LogP contribution in [-0.4, -0.2) is 5.78 Å². The number of carbonyl (C=O) groups is 1. The number of carbonyl (C=O) groups excluding carboxylic acids is 1. The lowest BCUT2D eigenvalue weighted by Gasteiger charge is -2.14. The molecule has 0 spiro atoms. The van der Waals surface area contributed by atoms with E-state index in [0.717, 1.165) is 17.7 Å². The highest BCUT2D eigenvalue weighted by molar-refractivity contribution is 6.15. The van der Waals surface area contributed by atoms with Crippen LogP contribution in [0.5, 0.6) is 0 Å². The first-order chi connectivity index (χ1) is 13.9. The number of hydrogen-bond donors (Lipinski definition) is 1. The average molecular weight is 397 g/mol. The van der Waals surface area contributed by atoms with E-state index in [1.165, 1.54) is 24.4 Å². The second-order valence-electron chi connectivity index (χ2n) is 6.70. The largest absolute Gasteiger partial charge is 0.416 e. The monoisotopic (exact) mass is 397 g/mol. The number of allylic oxidation sites excluding steroid dienone is 1. The van der Waals surface area contributed by atoms with Crippen LogP contribution in [0.1, 0.15) is 33.0 Å². The molecule has 4 rings (SSSR count). The molecule has 0 saturated heterocycles. The number of ketones is 1. The van der Waals surface area contributed by atoms with Crippen molar-refractivity contribution in [3.63, 3.8) is 0 Å². The van der Waals surface area contributed by atoms with E-state index in [0.29, 0.717) is 5.56 Å². The number of halogens is 4. The van der Waals surface area contributed by atoms with Crippen LogP contribution < -0.4 is 5.32 Å². The van der Waals surface area contributed by atoms with E-state index in [4.69, 9.17) is 0 Å². The first-order valence-corrected chi connectivity index (χ1v) is 8.88. The Morgan fingerprint density at radius 3 is 2.34 bits per heavy atom. The van der Waals surface area contributed by atoms with Crippen LogP contribution in [0.25, 0.3) is 0 Å². The molecule has 0 aromatic heterocycles. The maximum atomic E-state index is 14.4. The van der Waals surface area contributed by atoms with E-state index in [9.17, 15) is 22.4 Å². The zero-order valence-corrected chi connectivity index (χ0v) is 15.0. The lowest BCUT2D eigenvalue weighted by Crippen LogP contribution is -2.07. The zero-order valence-electron chi connectivity index (χ0n) is 15.0. The highest BCUT2D eigenvalue weighted by Gasteiger charge is 2.37. The molecule has 1 aliphatic rings. The van der Waals surface area contributed by atoms with Crippen LogP contribution in [0.15, 0.2) is 84.6 Å². The van der Waals surface area contributed by atoms with Crippen LogP contribution in [-0.2, 0) is 6.18 Å². The molecule has 0 amide bonds. The molecule has 146 valence electrons. The highest BCUT2D eigenvalue weighted by atomic mass is 19.4. The van der Waals surface area contributed by atoms with Gasteiger partial charge in [-0.3, -0.25) is 4.79 Å². The van der Waals surface area contributed by atoms with Gasteiger partial charge in [-0.25, -0.2) is 4.39 Å². The Labute approximate surface area is 164 Å². The van der Waals surface area contributed by atoms with Gasteiger partial charge >= 0.3 is 6.18 Å². The van der Waals surface area contributed by atoms with Crippen molar-refractivity contribution in [2.75, 3.05) is 5.32 Å². The Kier molecular flexibility index (Phi) is 4.70. The zero-order chi connectivity index (χ0) is 20.6. The number of nitrogens with one attached hydrogen (secondary N) is 1. The number of fused-ring (bicyclic) bond motifs is 1. The second-order valence-corrected chi connectivity index (χ2v) is 6.70. The van der Waals surface area contributed by atoms with Gasteiger partial charge in [0.25, 0.3) is 0 Å². The summed E-state index contributed by atoms with van der Waals surface area (Å²) in [4.78, 5) is 12.9. The third kappa shape index (κ3) is 3.53. The van der Waals surface area contributed by atoms with Crippen LogP contribution in [0, 0.1) is 5.82 Å². The van der Waals surface area contributed by atoms with Crippen LogP contribution >= 0.6 is 0 Å². The summed E-state index contributed by atoms with van der Waals surface area (Å²) in [5, 5.41) is 2.78. The van der Waals surface area contributed by atoms with Gasteiger partial charge in [0.15, 0.2) is 5.78 Å². The second kappa shape index (κ2) is 7.20. The molecule has 3 aromatic carbocycles. The van der Waals surface area contributed by atoms with Gasteiger partial charge in [0.05, 0.1) is 11.1 Å². The molecule has 1 atom stereocenters. The predicted molar refractivity (Wildman–Crippen MR) is 102 cm³/mol. The molecule has 29 heavy (non-hydrogen) atoms. The molecule has 0 saturated carbocycles. The molecular weight excluding hydrogens is 382 g/mol. The quantitative estimate of drug-likeness (QED) is 0.423. The smallest absolute Gasteiger partial charge is 0.361 e. The summed E-state index contributed by atoms with van der Waals surface area (Å²) < 4.78 is 53.2. The highest BCUT2D eigenvalue weighted by Crippen LogP contribution is 2.43. The Hall–Kier alpha value is -3.41. The first kappa shape index (κ1) is 18.9. The van der Waals surface area contributed by atoms with Crippen molar-refractivity contribution in [3.8, 4) is 0 Å². The van der Waals surface area contributed by atoms with Gasteiger partial charge in [0.2, 0.25) is 0 Å². The van der Waals surface area contributed by atoms with Gasteiger partial charge in [-0.15, -0.1) is 0 Å². The summed E-state index contributed by atoms with van der Waals surface area (Å²) >= 11 is 0. The molecular formula is C23H15F4NO. The Morgan fingerprint density at radius 2 is 1.62 bits per heavy atom. The van der Waals surface area contributed by atoms with Gasteiger partial charge in [0, 0.05) is 23.4 Å². The summed E-state index contributed by atoms with van der Waals surface area (Å²) in [5.41, 5.74) is 0.990. The summed E-state index contributed by atoms with van der Waals surface area (Å²) in [7, 11) is 0. The standard InChI is InChI=1S/C23H15F4NO/c24-19-11-5-10-17-20(14-6-2-1-3-7-14)18(22(29)21(17)19)13-28-16-9-4-8-15(12-16)23(25,26)27/h1-13,20,28H/b18-13+/t20-/m1/s1. The molecule has 6 heteroatoms. The van der Waals surface area contributed by atoms with Crippen molar-refractivity contribution < 1.29 is 22.4 Å². The topological polar surface area (TPSA) is 29.1 Å². The van der Waals surface area contributed by atoms with E-state index in [1.807, 2.05) is 30.3 Å². The third-order valence-electron chi connectivity index (χ3n) is 4.87. The molecule has 0 aliphatic heterocycles. The normalized spacial score (nSPS) is 17.4. The number of anilines is 1. The van der Waals surface area contributed by atoms with Gasteiger partial charge in [-0.2, -0.15) is 13.2 Å². The maximum absolute atomic E-state index is 14.4. The Bertz CT molecular complexity index is 1100. The number of benzene rings is 3. The fourth-order valence-electron chi connectivity index (χ4n) is 3.56. The third-order valence-corrected chi connectivity index (χ3v) is 4.87. The fraction of sp³-hybridized carbons (Fsp3) is 0.0870. The van der Waals surface area contributed by atoms with E-state index in [2.05, 4.69) is 5.32 Å². The van der Waals surface area contributed by atoms with E-state index >= 15 is 0 Å². The van der Waals surface area contributed by atoms with E-state index in [1.54, 1.807) is 12.1 Å². The van der Waals surface area contributed by atoms with Crippen LogP contribution in [0.2, 0.25) is 0 Å². The number of alkyl halides is 3. The molecule has 0 unspecified atom stereocenters. The molecule has 0 bridgehead atoms. The minimum atomic E-state index is -4.47. The summed E-state index contributed by atoms with van der Waals surface area (Å²) in [6, 6.07) is 18.3. The molecule has 1 N–H and O–H groups in total. The number of Topliss-reactive ketones (excluding diaryl/α,β-unsaturated/α-hetero) is 1. The molecule has 3 aromatic rings. The lowest BCUT2D eigenvalue weighted by atomic mass is 9.90. The molecule has 1 aliphatic carbocycles. The predicted octanol–water partition coefficient (Wildman–Crippen LogP) is 6.17. The molecule has 0 heterocycles. The van der Waals surface area contributed by atoms with Crippen molar-refractivity contribution in [1.29, 1.82) is 0 Å². The summed E-state index contributed by atoms with van der Waals surface area (Å²) in [6.45, 7) is 0. The molecule has 0 fully saturated rings. The van der Waals surface area contributed by atoms with Crippen LogP contribution in [0.4, 0.5) is 23.2 Å². The number of hydrogen-bond acceptors (Lipinski definition) is 2. The Balaban J connectivity index is 1.76. The summed E-state index contributed by atoms with van der Waals surface area (Å²) in [6.07, 6.45) is -3.10. The Morgan fingerprint density at radius 1 is 0.897 bits per heavy atom. The molecule has 0 radical (unpaired) electrons. The van der Waals surface area contributed by atoms with Gasteiger partial charge in [-0.05, 0) is 35.4 Å². The SMILES string of the molecule is O=C1/C(=C/Nc2cccc(C(F)(F)F)c2)[C@H](c2ccccc2)c2cccc(F)c21. The maximum Gasteiger partial charge on any atom is 0.416 e. The van der Waals surface area contributed by atoms with Crippen molar-refractivity contribution in [2.24, 2.45) is 0 Å². The van der Waals surface area contributed by atoms with E-state index < -0.39 is 29.3 Å². The minimum absolute atomic E-state index is 0.00144. The first-order valence-electron chi connectivity index (χ1n) is 8.88. The average Bonchev–Trinajstić information content (AvgIpc) is 2.99. The van der Waals surface area contributed by atoms with Crippen molar-refractivity contribution >= 4 is 11.5 Å². The van der Waals surface area contributed by atoms with Crippen molar-refractivity contribution in [2.45, 2.75) is 12.1 Å². The van der Waals surface area contributed by atoms with E-state index in [-0.39, 0.29) is 16.8 Å². The van der Waals surface area contributed by atoms with Crippen molar-refractivity contribution in [1.82, 2.24) is 0 Å². The molecule has 2 nitrogen and oxygen atoms in total. The van der Waals surface area contributed by atoms with Gasteiger partial charge in [-0.1, -0.05) is 48.5 Å². The van der Waals surface area contributed by atoms with Crippen molar-refractivity contribution in [3.05, 3.63) is 113 Å². The van der Waals surface area contributed by atoms with Gasteiger partial charge in [0.1, 0.15) is 5.82 Å². The fourth-order valence-corrected chi connectivity index (χ4v) is 3.56. The summed E-state index contributed by atoms with van der Waals surface area (Å²) in [5.74, 6) is -1.60. The van der Waals surface area contributed by atoms with Crippen LogP contribution in [0.3, 0.4) is 0 Å². The lowest BCUT2D eigenvalue weighted by molar-refractivity contribution is -0.137. The number of rotatable bonds is 3. The van der Waals surface area contributed by atoms with Gasteiger partial charge < -0.3 is 5.32 Å². The minimum Gasteiger partial charge on any atom is -0.361 e.